The number of aromatic nitrogens is 1. The topological polar surface area (TPSA) is 88.6 Å². The lowest BCUT2D eigenvalue weighted by molar-refractivity contribution is 0.195. The van der Waals surface area contributed by atoms with Crippen molar-refractivity contribution < 1.29 is 17.9 Å². The summed E-state index contributed by atoms with van der Waals surface area (Å²) in [6, 6.07) is 21.8. The van der Waals surface area contributed by atoms with Crippen LogP contribution in [-0.4, -0.2) is 36.9 Å². The van der Waals surface area contributed by atoms with E-state index in [9.17, 15) is 13.2 Å². The Morgan fingerprint density at radius 1 is 1.00 bits per heavy atom. The lowest BCUT2D eigenvalue weighted by atomic mass is 9.78. The van der Waals surface area contributed by atoms with Gasteiger partial charge in [0.15, 0.2) is 9.84 Å². The molecule has 1 aliphatic heterocycles. The lowest BCUT2D eigenvalue weighted by Gasteiger charge is -2.42. The molecule has 0 spiro atoms. The van der Waals surface area contributed by atoms with Crippen LogP contribution in [-0.2, 0) is 27.6 Å². The molecule has 6 rings (SSSR count). The molecule has 210 valence electrons. The highest BCUT2D eigenvalue weighted by atomic mass is 35.5. The van der Waals surface area contributed by atoms with Gasteiger partial charge >= 0.3 is 6.03 Å². The highest BCUT2D eigenvalue weighted by Crippen LogP contribution is 2.53. The number of sulfone groups is 1. The number of nitrogens with one attached hydrogen (secondary N) is 1. The van der Waals surface area contributed by atoms with Crippen LogP contribution in [0.2, 0.25) is 10.0 Å². The number of likely N-dealkylation sites (tertiary alicyclic amines) is 1. The van der Waals surface area contributed by atoms with Gasteiger partial charge in [0.25, 0.3) is 0 Å². The zero-order valence-corrected chi connectivity index (χ0v) is 24.3. The summed E-state index contributed by atoms with van der Waals surface area (Å²) in [6.45, 7) is 0.479. The maximum Gasteiger partial charge on any atom is 0.322 e. The minimum absolute atomic E-state index is 0.177. The first-order chi connectivity index (χ1) is 19.8. The first-order valence-corrected chi connectivity index (χ1v) is 15.5. The SMILES string of the molecule is O=C(Nc1ccncc1)N1CC[C@@]2(S(=O)(=O)c3ccccc3)c3ccc(OCc4c(Cl)cccc4Cl)cc3CC[C@@H]12. The third-order valence-corrected chi connectivity index (χ3v) is 11.3. The van der Waals surface area contributed by atoms with Crippen LogP contribution in [0.5, 0.6) is 5.75 Å². The summed E-state index contributed by atoms with van der Waals surface area (Å²) in [6.07, 6.45) is 4.55. The Kier molecular flexibility index (Phi) is 7.40. The quantitative estimate of drug-likeness (QED) is 0.258. The Bertz CT molecular complexity index is 1680. The summed E-state index contributed by atoms with van der Waals surface area (Å²) in [5, 5.41) is 3.94. The molecule has 1 fully saturated rings. The van der Waals surface area contributed by atoms with Gasteiger partial charge in [-0.2, -0.15) is 0 Å². The van der Waals surface area contributed by atoms with E-state index in [0.717, 1.165) is 5.56 Å². The van der Waals surface area contributed by atoms with Gasteiger partial charge in [-0.15, -0.1) is 0 Å². The summed E-state index contributed by atoms with van der Waals surface area (Å²) >= 11 is 12.6. The number of benzene rings is 3. The van der Waals surface area contributed by atoms with Gasteiger partial charge in [0.2, 0.25) is 0 Å². The number of urea groups is 1. The first-order valence-electron chi connectivity index (χ1n) is 13.3. The standard InChI is InChI=1S/C31H27Cl2N3O4S/c32-27-7-4-8-28(33)25(27)20-40-23-10-11-26-21(19-23)9-12-29-31(26,41(38,39)24-5-2-1-3-6-24)15-18-36(29)30(37)35-22-13-16-34-17-14-22/h1-8,10-11,13-14,16-17,19,29H,9,12,15,18,20H2,(H,34,35,37)/t29-,31-/m1/s1. The largest absolute Gasteiger partial charge is 0.489 e. The molecule has 1 aliphatic carbocycles. The highest BCUT2D eigenvalue weighted by Gasteiger charge is 2.60. The third kappa shape index (κ3) is 4.84. The van der Waals surface area contributed by atoms with Crippen molar-refractivity contribution >= 4 is 44.8 Å². The van der Waals surface area contributed by atoms with E-state index >= 15 is 0 Å². The smallest absolute Gasteiger partial charge is 0.322 e. The van der Waals surface area contributed by atoms with Gasteiger partial charge in [0.1, 0.15) is 17.1 Å². The van der Waals surface area contributed by atoms with Gasteiger partial charge in [-0.1, -0.05) is 53.5 Å². The van der Waals surface area contributed by atoms with Crippen LogP contribution in [0, 0.1) is 0 Å². The maximum atomic E-state index is 14.5. The molecule has 0 unspecified atom stereocenters. The number of ether oxygens (including phenoxy) is 1. The Hall–Kier alpha value is -3.59. The van der Waals surface area contributed by atoms with Crippen LogP contribution in [0.4, 0.5) is 10.5 Å². The molecule has 2 atom stereocenters. The molecule has 2 amide bonds. The van der Waals surface area contributed by atoms with E-state index in [1.54, 1.807) is 84.0 Å². The van der Waals surface area contributed by atoms with Crippen LogP contribution in [0.25, 0.3) is 0 Å². The second kappa shape index (κ2) is 11.0. The summed E-state index contributed by atoms with van der Waals surface area (Å²) in [5.41, 5.74) is 2.88. The van der Waals surface area contributed by atoms with Crippen molar-refractivity contribution in [3.8, 4) is 5.75 Å². The number of nitrogens with zero attached hydrogens (tertiary/aromatic N) is 2. The molecule has 7 nitrogen and oxygen atoms in total. The van der Waals surface area contributed by atoms with Gasteiger partial charge < -0.3 is 15.0 Å². The van der Waals surface area contributed by atoms with E-state index in [1.165, 1.54) is 0 Å². The van der Waals surface area contributed by atoms with E-state index in [2.05, 4.69) is 10.3 Å². The number of hydrogen-bond donors (Lipinski definition) is 1. The van der Waals surface area contributed by atoms with E-state index in [0.29, 0.717) is 52.0 Å². The normalized spacial score (nSPS) is 19.8. The average molecular weight is 609 g/mol. The second-order valence-electron chi connectivity index (χ2n) is 10.2. The predicted octanol–water partition coefficient (Wildman–Crippen LogP) is 6.89. The zero-order valence-electron chi connectivity index (χ0n) is 22.0. The number of hydrogen-bond acceptors (Lipinski definition) is 5. The molecule has 0 saturated carbocycles. The van der Waals surface area contributed by atoms with Gasteiger partial charge in [-0.3, -0.25) is 4.98 Å². The zero-order chi connectivity index (χ0) is 28.6. The summed E-state index contributed by atoms with van der Waals surface area (Å²) in [4.78, 5) is 19.4. The number of aryl methyl sites for hydroxylation is 1. The number of rotatable bonds is 6. The molecular formula is C31H27Cl2N3O4S. The Balaban J connectivity index is 1.37. The first kappa shape index (κ1) is 27.6. The Morgan fingerprint density at radius 2 is 1.73 bits per heavy atom. The number of amides is 2. The van der Waals surface area contributed by atoms with Crippen LogP contribution >= 0.6 is 23.2 Å². The lowest BCUT2D eigenvalue weighted by Crippen LogP contribution is -2.52. The number of fused-ring (bicyclic) bond motifs is 3. The molecule has 41 heavy (non-hydrogen) atoms. The van der Waals surface area contributed by atoms with Gasteiger partial charge in [0, 0.05) is 40.2 Å². The third-order valence-electron chi connectivity index (χ3n) is 8.03. The summed E-state index contributed by atoms with van der Waals surface area (Å²) in [7, 11) is -3.90. The molecule has 0 bridgehead atoms. The Labute approximate surface area is 249 Å². The second-order valence-corrected chi connectivity index (χ2v) is 13.2. The van der Waals surface area contributed by atoms with Gasteiger partial charge in [-0.05, 0) is 78.9 Å². The van der Waals surface area contributed by atoms with Crippen LogP contribution in [0.15, 0.2) is 96.2 Å². The van der Waals surface area contributed by atoms with Crippen molar-refractivity contribution in [2.24, 2.45) is 0 Å². The van der Waals surface area contributed by atoms with Crippen molar-refractivity contribution in [2.45, 2.75) is 41.6 Å². The fourth-order valence-corrected chi connectivity index (χ4v) is 9.00. The molecule has 1 N–H and O–H groups in total. The molecule has 3 aromatic carbocycles. The van der Waals surface area contributed by atoms with Crippen molar-refractivity contribution in [1.82, 2.24) is 9.88 Å². The van der Waals surface area contributed by atoms with E-state index in [4.69, 9.17) is 27.9 Å². The van der Waals surface area contributed by atoms with E-state index in [1.807, 2.05) is 12.1 Å². The average Bonchev–Trinajstić information content (AvgIpc) is 3.40. The van der Waals surface area contributed by atoms with Crippen LogP contribution < -0.4 is 10.1 Å². The fraction of sp³-hybridized carbons (Fsp3) is 0.226. The molecule has 4 aromatic rings. The summed E-state index contributed by atoms with van der Waals surface area (Å²) in [5.74, 6) is 0.593. The minimum Gasteiger partial charge on any atom is -0.489 e. The summed E-state index contributed by atoms with van der Waals surface area (Å²) < 4.78 is 33.8. The number of anilines is 1. The number of carbonyl (C=O) groups excluding carboxylic acids is 1. The predicted molar refractivity (Wildman–Crippen MR) is 159 cm³/mol. The van der Waals surface area contributed by atoms with Crippen LogP contribution in [0.1, 0.15) is 29.5 Å². The fourth-order valence-electron chi connectivity index (χ4n) is 6.10. The highest BCUT2D eigenvalue weighted by molar-refractivity contribution is 7.92. The molecule has 2 aliphatic rings. The molecule has 0 radical (unpaired) electrons. The van der Waals surface area contributed by atoms with Gasteiger partial charge in [-0.25, -0.2) is 13.2 Å². The van der Waals surface area contributed by atoms with Gasteiger partial charge in [0.05, 0.1) is 10.9 Å². The molecule has 1 saturated heterocycles. The minimum atomic E-state index is -3.90. The van der Waals surface area contributed by atoms with E-state index in [-0.39, 0.29) is 24.0 Å². The maximum absolute atomic E-state index is 14.5. The van der Waals surface area contributed by atoms with Crippen molar-refractivity contribution in [3.05, 3.63) is 118 Å². The van der Waals surface area contributed by atoms with Crippen molar-refractivity contribution in [1.29, 1.82) is 0 Å². The number of pyridine rings is 1. The monoisotopic (exact) mass is 607 g/mol. The molecular weight excluding hydrogens is 581 g/mol. The molecule has 10 heteroatoms. The molecule has 1 aromatic heterocycles. The van der Waals surface area contributed by atoms with Crippen LogP contribution in [0.3, 0.4) is 0 Å². The van der Waals surface area contributed by atoms with Crippen molar-refractivity contribution in [3.63, 3.8) is 0 Å². The molecule has 2 heterocycles. The number of carbonyl (C=O) groups is 1. The number of halogens is 2. The van der Waals surface area contributed by atoms with E-state index < -0.39 is 20.6 Å². The Morgan fingerprint density at radius 3 is 2.46 bits per heavy atom. The van der Waals surface area contributed by atoms with Crippen molar-refractivity contribution in [2.75, 3.05) is 11.9 Å².